The minimum Gasteiger partial charge on any atom is -0.478 e. The van der Waals surface area contributed by atoms with Crippen LogP contribution in [0.2, 0.25) is 5.02 Å². The molecule has 110 valence electrons. The average molecular weight is 301 g/mol. The molecule has 2 amide bonds. The molecular weight excluding hydrogens is 284 g/mol. The minimum atomic E-state index is -1.19. The number of carbonyl (C=O) groups excluding carboxylic acids is 1. The number of ether oxygens (including phenoxy) is 1. The number of halogens is 1. The van der Waals surface area contributed by atoms with Crippen molar-refractivity contribution in [2.45, 2.75) is 6.42 Å². The first-order valence-corrected chi connectivity index (χ1v) is 6.38. The van der Waals surface area contributed by atoms with Gasteiger partial charge in [0.1, 0.15) is 5.56 Å². The van der Waals surface area contributed by atoms with E-state index in [0.717, 1.165) is 0 Å². The van der Waals surface area contributed by atoms with Gasteiger partial charge in [0.2, 0.25) is 0 Å². The second-order valence-corrected chi connectivity index (χ2v) is 4.57. The Balaban J connectivity index is 2.75. The molecule has 0 unspecified atom stereocenters. The Morgan fingerprint density at radius 2 is 2.15 bits per heavy atom. The number of methoxy groups -OCH3 is 1. The summed E-state index contributed by atoms with van der Waals surface area (Å²) in [4.78, 5) is 24.5. The molecule has 7 heteroatoms. The van der Waals surface area contributed by atoms with Gasteiger partial charge in [-0.3, -0.25) is 0 Å². The fourth-order valence-electron chi connectivity index (χ4n) is 1.60. The van der Waals surface area contributed by atoms with Crippen LogP contribution < -0.4 is 5.32 Å². The molecular formula is C13H17ClN2O4. The van der Waals surface area contributed by atoms with Crippen LogP contribution in [0.4, 0.5) is 10.5 Å². The first-order valence-electron chi connectivity index (χ1n) is 6.00. The van der Waals surface area contributed by atoms with Gasteiger partial charge in [0.05, 0.1) is 10.7 Å². The zero-order chi connectivity index (χ0) is 15.1. The molecule has 0 heterocycles. The first kappa shape index (κ1) is 16.3. The van der Waals surface area contributed by atoms with Crippen LogP contribution in [0.1, 0.15) is 16.8 Å². The van der Waals surface area contributed by atoms with Crippen LogP contribution in [-0.2, 0) is 4.74 Å². The number of anilines is 1. The zero-order valence-electron chi connectivity index (χ0n) is 11.4. The van der Waals surface area contributed by atoms with Gasteiger partial charge in [-0.2, -0.15) is 0 Å². The molecule has 0 spiro atoms. The summed E-state index contributed by atoms with van der Waals surface area (Å²) in [7, 11) is 3.21. The summed E-state index contributed by atoms with van der Waals surface area (Å²) in [5.41, 5.74) is 0.0569. The van der Waals surface area contributed by atoms with Gasteiger partial charge in [-0.15, -0.1) is 0 Å². The van der Waals surface area contributed by atoms with E-state index < -0.39 is 12.0 Å². The van der Waals surface area contributed by atoms with E-state index in [1.54, 1.807) is 20.2 Å². The van der Waals surface area contributed by atoms with Crippen molar-refractivity contribution >= 4 is 29.3 Å². The molecule has 0 aliphatic carbocycles. The minimum absolute atomic E-state index is 0.0809. The number of hydrogen-bond acceptors (Lipinski definition) is 3. The summed E-state index contributed by atoms with van der Waals surface area (Å²) in [6, 6.07) is 4.14. The number of hydrogen-bond donors (Lipinski definition) is 2. The molecule has 2 N–H and O–H groups in total. The third-order valence-electron chi connectivity index (χ3n) is 2.66. The number of carboxylic acid groups (broad SMARTS) is 1. The molecule has 1 rings (SSSR count). The van der Waals surface area contributed by atoms with Crippen molar-refractivity contribution < 1.29 is 19.4 Å². The lowest BCUT2D eigenvalue weighted by Gasteiger charge is -2.18. The topological polar surface area (TPSA) is 78.9 Å². The summed E-state index contributed by atoms with van der Waals surface area (Å²) < 4.78 is 4.90. The van der Waals surface area contributed by atoms with Crippen molar-refractivity contribution in [3.8, 4) is 0 Å². The summed E-state index contributed by atoms with van der Waals surface area (Å²) >= 11 is 5.83. The Labute approximate surface area is 122 Å². The van der Waals surface area contributed by atoms with Gasteiger partial charge in [-0.25, -0.2) is 9.59 Å². The van der Waals surface area contributed by atoms with E-state index in [4.69, 9.17) is 21.4 Å². The number of rotatable bonds is 6. The van der Waals surface area contributed by atoms with Gasteiger partial charge in [0.15, 0.2) is 0 Å². The molecule has 1 aromatic rings. The highest BCUT2D eigenvalue weighted by atomic mass is 35.5. The van der Waals surface area contributed by atoms with Crippen LogP contribution in [0.15, 0.2) is 18.2 Å². The van der Waals surface area contributed by atoms with Gasteiger partial charge in [-0.05, 0) is 18.6 Å². The summed E-state index contributed by atoms with van der Waals surface area (Å²) in [6.07, 6.45) is 0.696. The summed E-state index contributed by atoms with van der Waals surface area (Å²) in [6.45, 7) is 1.05. The number of urea groups is 1. The molecule has 0 saturated carbocycles. The molecule has 6 nitrogen and oxygen atoms in total. The third-order valence-corrected chi connectivity index (χ3v) is 2.97. The lowest BCUT2D eigenvalue weighted by atomic mass is 10.2. The lowest BCUT2D eigenvalue weighted by Crippen LogP contribution is -2.33. The van der Waals surface area contributed by atoms with Gasteiger partial charge >= 0.3 is 12.0 Å². The zero-order valence-corrected chi connectivity index (χ0v) is 12.1. The smallest absolute Gasteiger partial charge is 0.339 e. The molecule has 0 atom stereocenters. The first-order chi connectivity index (χ1) is 9.47. The van der Waals surface area contributed by atoms with E-state index in [0.29, 0.717) is 19.6 Å². The Kier molecular flexibility index (Phi) is 6.27. The highest BCUT2D eigenvalue weighted by molar-refractivity contribution is 6.34. The Bertz CT molecular complexity index is 493. The molecule has 0 aromatic heterocycles. The number of nitrogens with zero attached hydrogens (tertiary/aromatic N) is 1. The third kappa shape index (κ3) is 4.40. The van der Waals surface area contributed by atoms with Crippen LogP contribution >= 0.6 is 11.6 Å². The number of carbonyl (C=O) groups is 2. The van der Waals surface area contributed by atoms with Crippen molar-refractivity contribution in [3.05, 3.63) is 28.8 Å². The average Bonchev–Trinajstić information content (AvgIpc) is 2.38. The van der Waals surface area contributed by atoms with E-state index in [9.17, 15) is 9.59 Å². The monoisotopic (exact) mass is 300 g/mol. The van der Waals surface area contributed by atoms with Crippen molar-refractivity contribution in [3.63, 3.8) is 0 Å². The Morgan fingerprint density at radius 3 is 2.75 bits per heavy atom. The number of carboxylic acids is 1. The number of benzene rings is 1. The van der Waals surface area contributed by atoms with Gasteiger partial charge < -0.3 is 20.1 Å². The largest absolute Gasteiger partial charge is 0.478 e. The molecule has 20 heavy (non-hydrogen) atoms. The summed E-state index contributed by atoms with van der Waals surface area (Å²) in [5, 5.41) is 11.7. The van der Waals surface area contributed by atoms with E-state index in [2.05, 4.69) is 5.32 Å². The van der Waals surface area contributed by atoms with E-state index >= 15 is 0 Å². The number of aromatic carboxylic acids is 1. The Morgan fingerprint density at radius 1 is 1.45 bits per heavy atom. The predicted molar refractivity (Wildman–Crippen MR) is 76.6 cm³/mol. The van der Waals surface area contributed by atoms with Crippen LogP contribution in [0.3, 0.4) is 0 Å². The van der Waals surface area contributed by atoms with E-state index in [-0.39, 0.29) is 16.3 Å². The van der Waals surface area contributed by atoms with Crippen LogP contribution in [-0.4, -0.2) is 49.3 Å². The molecule has 1 aromatic carbocycles. The van der Waals surface area contributed by atoms with Crippen LogP contribution in [0, 0.1) is 0 Å². The second kappa shape index (κ2) is 7.72. The van der Waals surface area contributed by atoms with Crippen LogP contribution in [0.5, 0.6) is 0 Å². The maximum absolute atomic E-state index is 11.9. The number of amides is 2. The molecule has 0 bridgehead atoms. The highest BCUT2D eigenvalue weighted by Crippen LogP contribution is 2.24. The lowest BCUT2D eigenvalue weighted by molar-refractivity contribution is 0.0698. The molecule has 0 aliphatic rings. The van der Waals surface area contributed by atoms with Crippen molar-refractivity contribution in [2.75, 3.05) is 32.6 Å². The fraction of sp³-hybridized carbons (Fsp3) is 0.385. The summed E-state index contributed by atoms with van der Waals surface area (Å²) in [5.74, 6) is -1.19. The fourth-order valence-corrected chi connectivity index (χ4v) is 1.86. The quantitative estimate of drug-likeness (QED) is 0.791. The maximum atomic E-state index is 11.9. The SMILES string of the molecule is COCCCN(C)C(=O)Nc1cccc(Cl)c1C(=O)O. The second-order valence-electron chi connectivity index (χ2n) is 4.17. The van der Waals surface area contributed by atoms with Crippen molar-refractivity contribution in [1.29, 1.82) is 0 Å². The molecule has 0 fully saturated rings. The van der Waals surface area contributed by atoms with E-state index in [1.165, 1.54) is 17.0 Å². The van der Waals surface area contributed by atoms with Crippen molar-refractivity contribution in [2.24, 2.45) is 0 Å². The Hall–Kier alpha value is -1.79. The van der Waals surface area contributed by atoms with Gasteiger partial charge in [-0.1, -0.05) is 17.7 Å². The van der Waals surface area contributed by atoms with E-state index in [1.807, 2.05) is 0 Å². The van der Waals surface area contributed by atoms with Gasteiger partial charge in [0, 0.05) is 27.3 Å². The van der Waals surface area contributed by atoms with Gasteiger partial charge in [0.25, 0.3) is 0 Å². The normalized spacial score (nSPS) is 10.2. The maximum Gasteiger partial charge on any atom is 0.339 e. The molecule has 0 saturated heterocycles. The molecule has 0 radical (unpaired) electrons. The number of nitrogens with one attached hydrogen (secondary N) is 1. The van der Waals surface area contributed by atoms with Crippen molar-refractivity contribution in [1.82, 2.24) is 4.90 Å². The predicted octanol–water partition coefficient (Wildman–Crippen LogP) is 2.54. The highest BCUT2D eigenvalue weighted by Gasteiger charge is 2.17. The molecule has 0 aliphatic heterocycles. The van der Waals surface area contributed by atoms with Crippen LogP contribution in [0.25, 0.3) is 0 Å². The standard InChI is InChI=1S/C13H17ClN2O4/c1-16(7-4-8-20-2)13(19)15-10-6-3-5-9(14)11(10)12(17)18/h3,5-6H,4,7-8H2,1-2H3,(H,15,19)(H,17,18).